The van der Waals surface area contributed by atoms with Gasteiger partial charge in [-0.3, -0.25) is 4.79 Å². The van der Waals surface area contributed by atoms with E-state index >= 15 is 0 Å². The van der Waals surface area contributed by atoms with Crippen molar-refractivity contribution in [2.45, 2.75) is 13.3 Å². The summed E-state index contributed by atoms with van der Waals surface area (Å²) in [5, 5.41) is 3.87. The molecule has 2 aromatic rings. The summed E-state index contributed by atoms with van der Waals surface area (Å²) in [5.41, 5.74) is 3.51. The fourth-order valence-electron chi connectivity index (χ4n) is 2.59. The molecule has 0 fully saturated rings. The first-order chi connectivity index (χ1) is 10.2. The molecule has 0 saturated heterocycles. The molecule has 0 saturated carbocycles. The van der Waals surface area contributed by atoms with Gasteiger partial charge in [0.1, 0.15) is 0 Å². The molecule has 1 aliphatic rings. The molecule has 21 heavy (non-hydrogen) atoms. The Kier molecular flexibility index (Phi) is 3.84. The van der Waals surface area contributed by atoms with Crippen LogP contribution in [0.15, 0.2) is 42.5 Å². The average molecular weight is 301 g/mol. The lowest BCUT2D eigenvalue weighted by molar-refractivity contribution is 0.0987. The molecule has 0 atom stereocenters. The van der Waals surface area contributed by atoms with Crippen LogP contribution in [0, 0.1) is 6.92 Å². The van der Waals surface area contributed by atoms with Crippen molar-refractivity contribution in [1.29, 1.82) is 0 Å². The minimum atomic E-state index is -0.0452. The van der Waals surface area contributed by atoms with Crippen LogP contribution in [0.2, 0.25) is 5.02 Å². The van der Waals surface area contributed by atoms with Gasteiger partial charge < -0.3 is 10.2 Å². The van der Waals surface area contributed by atoms with E-state index in [9.17, 15) is 4.79 Å². The van der Waals surface area contributed by atoms with Gasteiger partial charge in [-0.2, -0.15) is 0 Å². The van der Waals surface area contributed by atoms with Crippen molar-refractivity contribution >= 4 is 28.9 Å². The number of para-hydroxylation sites is 2. The van der Waals surface area contributed by atoms with Crippen LogP contribution in [0.1, 0.15) is 22.3 Å². The van der Waals surface area contributed by atoms with Crippen molar-refractivity contribution in [2.75, 3.05) is 23.3 Å². The van der Waals surface area contributed by atoms with Gasteiger partial charge in [-0.25, -0.2) is 0 Å². The molecule has 0 unspecified atom stereocenters. The highest BCUT2D eigenvalue weighted by Gasteiger charge is 2.23. The van der Waals surface area contributed by atoms with E-state index in [1.165, 1.54) is 0 Å². The predicted octanol–water partition coefficient (Wildman–Crippen LogP) is 4.11. The van der Waals surface area contributed by atoms with Gasteiger partial charge in [-0.1, -0.05) is 29.8 Å². The summed E-state index contributed by atoms with van der Waals surface area (Å²) in [6.45, 7) is 3.51. The molecule has 0 aliphatic carbocycles. The lowest BCUT2D eigenvalue weighted by atomic mass is 10.1. The minimum Gasteiger partial charge on any atom is -0.383 e. The Morgan fingerprint density at radius 1 is 1.24 bits per heavy atom. The standard InChI is InChI=1S/C17H17ClN2O/c1-12-7-8-13(14(18)11-12)17(21)20-10-4-9-19-15-5-2-3-6-16(15)20/h2-3,5-8,11,19H,4,9-10H2,1H3. The number of rotatable bonds is 1. The normalized spacial score (nSPS) is 14.1. The summed E-state index contributed by atoms with van der Waals surface area (Å²) in [4.78, 5) is 14.7. The molecule has 1 N–H and O–H groups in total. The first-order valence-electron chi connectivity index (χ1n) is 7.08. The molecule has 108 valence electrons. The molecular weight excluding hydrogens is 284 g/mol. The van der Waals surface area contributed by atoms with Gasteiger partial charge in [0, 0.05) is 13.1 Å². The van der Waals surface area contributed by atoms with Crippen LogP contribution in [0.25, 0.3) is 0 Å². The molecule has 2 aromatic carbocycles. The lowest BCUT2D eigenvalue weighted by Crippen LogP contribution is -2.31. The monoisotopic (exact) mass is 300 g/mol. The first-order valence-corrected chi connectivity index (χ1v) is 7.45. The zero-order valence-corrected chi connectivity index (χ0v) is 12.7. The maximum atomic E-state index is 12.9. The molecule has 1 aliphatic heterocycles. The van der Waals surface area contributed by atoms with Gasteiger partial charge >= 0.3 is 0 Å². The summed E-state index contributed by atoms with van der Waals surface area (Å²) < 4.78 is 0. The van der Waals surface area contributed by atoms with Crippen LogP contribution in [-0.4, -0.2) is 19.0 Å². The number of carbonyl (C=O) groups is 1. The van der Waals surface area contributed by atoms with E-state index < -0.39 is 0 Å². The van der Waals surface area contributed by atoms with Gasteiger partial charge in [0.2, 0.25) is 0 Å². The summed E-state index contributed by atoms with van der Waals surface area (Å²) >= 11 is 6.25. The van der Waals surface area contributed by atoms with Crippen molar-refractivity contribution in [3.63, 3.8) is 0 Å². The van der Waals surface area contributed by atoms with Gasteiger partial charge in [0.05, 0.1) is 22.0 Å². The summed E-state index contributed by atoms with van der Waals surface area (Å²) in [6, 6.07) is 13.4. The molecule has 3 rings (SSSR count). The first kappa shape index (κ1) is 14.0. The maximum absolute atomic E-state index is 12.9. The van der Waals surface area contributed by atoms with Gasteiger partial charge in [-0.15, -0.1) is 0 Å². The van der Waals surface area contributed by atoms with Crippen LogP contribution >= 0.6 is 11.6 Å². The third kappa shape index (κ3) is 2.74. The lowest BCUT2D eigenvalue weighted by Gasteiger charge is -2.23. The summed E-state index contributed by atoms with van der Waals surface area (Å²) in [6.07, 6.45) is 0.907. The highest BCUT2D eigenvalue weighted by atomic mass is 35.5. The summed E-state index contributed by atoms with van der Waals surface area (Å²) in [5.74, 6) is -0.0452. The van der Waals surface area contributed by atoms with Crippen molar-refractivity contribution in [3.05, 3.63) is 58.6 Å². The number of carbonyl (C=O) groups excluding carboxylic acids is 1. The van der Waals surface area contributed by atoms with Crippen LogP contribution in [0.5, 0.6) is 0 Å². The van der Waals surface area contributed by atoms with Gasteiger partial charge in [0.15, 0.2) is 0 Å². The number of hydrogen-bond donors (Lipinski definition) is 1. The number of nitrogens with zero attached hydrogens (tertiary/aromatic N) is 1. The largest absolute Gasteiger partial charge is 0.383 e. The van der Waals surface area contributed by atoms with Crippen LogP contribution in [0.4, 0.5) is 11.4 Å². The molecule has 0 bridgehead atoms. The fraction of sp³-hybridized carbons (Fsp3) is 0.235. The molecule has 1 heterocycles. The molecular formula is C17H17ClN2O. The second-order valence-electron chi connectivity index (χ2n) is 5.24. The molecule has 0 radical (unpaired) electrons. The van der Waals surface area contributed by atoms with Crippen molar-refractivity contribution in [1.82, 2.24) is 0 Å². The van der Waals surface area contributed by atoms with E-state index in [2.05, 4.69) is 5.32 Å². The van der Waals surface area contributed by atoms with Crippen LogP contribution in [0.3, 0.4) is 0 Å². The van der Waals surface area contributed by atoms with Crippen LogP contribution in [-0.2, 0) is 0 Å². The topological polar surface area (TPSA) is 32.3 Å². The minimum absolute atomic E-state index is 0.0452. The Labute approximate surface area is 129 Å². The number of amides is 1. The van der Waals surface area contributed by atoms with Crippen LogP contribution < -0.4 is 10.2 Å². The number of fused-ring (bicyclic) bond motifs is 1. The van der Waals surface area contributed by atoms with E-state index in [4.69, 9.17) is 11.6 Å². The van der Waals surface area contributed by atoms with Crippen molar-refractivity contribution in [2.24, 2.45) is 0 Å². The fourth-order valence-corrected chi connectivity index (χ4v) is 2.91. The Bertz CT molecular complexity index is 684. The average Bonchev–Trinajstić information content (AvgIpc) is 2.69. The summed E-state index contributed by atoms with van der Waals surface area (Å²) in [7, 11) is 0. The van der Waals surface area contributed by atoms with E-state index in [1.54, 1.807) is 6.07 Å². The third-order valence-electron chi connectivity index (χ3n) is 3.67. The zero-order valence-electron chi connectivity index (χ0n) is 11.9. The Morgan fingerprint density at radius 2 is 2.05 bits per heavy atom. The Morgan fingerprint density at radius 3 is 2.86 bits per heavy atom. The molecule has 0 aromatic heterocycles. The smallest absolute Gasteiger partial charge is 0.259 e. The number of nitrogens with one attached hydrogen (secondary N) is 1. The number of hydrogen-bond acceptors (Lipinski definition) is 2. The van der Waals surface area contributed by atoms with E-state index in [-0.39, 0.29) is 5.91 Å². The number of aryl methyl sites for hydroxylation is 1. The molecule has 0 spiro atoms. The SMILES string of the molecule is Cc1ccc(C(=O)N2CCCNc3ccccc32)c(Cl)c1. The second kappa shape index (κ2) is 5.78. The maximum Gasteiger partial charge on any atom is 0.259 e. The Balaban J connectivity index is 2.01. The molecule has 3 nitrogen and oxygen atoms in total. The van der Waals surface area contributed by atoms with Gasteiger partial charge in [-0.05, 0) is 43.2 Å². The number of anilines is 2. The van der Waals surface area contributed by atoms with E-state index in [1.807, 2.05) is 48.2 Å². The Hall–Kier alpha value is -2.00. The van der Waals surface area contributed by atoms with E-state index in [0.29, 0.717) is 17.1 Å². The molecule has 1 amide bonds. The highest BCUT2D eigenvalue weighted by Crippen LogP contribution is 2.30. The predicted molar refractivity (Wildman–Crippen MR) is 87.4 cm³/mol. The highest BCUT2D eigenvalue weighted by molar-refractivity contribution is 6.34. The number of halogens is 1. The third-order valence-corrected chi connectivity index (χ3v) is 3.98. The second-order valence-corrected chi connectivity index (χ2v) is 5.64. The quantitative estimate of drug-likeness (QED) is 0.859. The van der Waals surface area contributed by atoms with Gasteiger partial charge in [0.25, 0.3) is 5.91 Å². The molecule has 4 heteroatoms. The van der Waals surface area contributed by atoms with Crippen molar-refractivity contribution < 1.29 is 4.79 Å². The van der Waals surface area contributed by atoms with Crippen molar-refractivity contribution in [3.8, 4) is 0 Å². The zero-order chi connectivity index (χ0) is 14.8. The number of benzene rings is 2. The van der Waals surface area contributed by atoms with E-state index in [0.717, 1.165) is 29.9 Å².